The van der Waals surface area contributed by atoms with Crippen molar-refractivity contribution in [3.63, 3.8) is 0 Å². The molecule has 2 rings (SSSR count). The maximum Gasteiger partial charge on any atom is 0.150 e. The van der Waals surface area contributed by atoms with Crippen LogP contribution in [0.1, 0.15) is 11.1 Å². The number of halogens is 2. The number of anilines is 1. The van der Waals surface area contributed by atoms with Crippen molar-refractivity contribution in [2.45, 2.75) is 13.0 Å². The molecule has 0 heterocycles. The van der Waals surface area contributed by atoms with E-state index in [2.05, 4.69) is 5.32 Å². The van der Waals surface area contributed by atoms with Crippen molar-refractivity contribution in [2.75, 3.05) is 18.5 Å². The molecule has 4 nitrogen and oxygen atoms in total. The lowest BCUT2D eigenvalue weighted by Gasteiger charge is -2.15. The molecule has 2 N–H and O–H groups in total. The second-order valence-corrected chi connectivity index (χ2v) is 5.09. The molecule has 0 bridgehead atoms. The summed E-state index contributed by atoms with van der Waals surface area (Å²) in [5, 5.41) is 21.0. The number of nitriles is 1. The predicted molar refractivity (Wildman–Crippen MR) is 82.2 cm³/mol. The van der Waals surface area contributed by atoms with Crippen LogP contribution in [0, 0.1) is 29.9 Å². The zero-order valence-corrected chi connectivity index (χ0v) is 12.5. The lowest BCUT2D eigenvalue weighted by Crippen LogP contribution is -2.27. The Hall–Kier alpha value is -2.65. The Morgan fingerprint density at radius 3 is 2.57 bits per heavy atom. The van der Waals surface area contributed by atoms with Crippen LogP contribution in [-0.4, -0.2) is 24.4 Å². The van der Waals surface area contributed by atoms with Gasteiger partial charge in [-0.25, -0.2) is 8.78 Å². The van der Waals surface area contributed by atoms with Crippen molar-refractivity contribution in [1.29, 1.82) is 5.26 Å². The first-order valence-corrected chi connectivity index (χ1v) is 7.00. The third kappa shape index (κ3) is 4.66. The normalized spacial score (nSPS) is 11.6. The molecule has 0 aliphatic heterocycles. The number of nitrogens with zero attached hydrogens (tertiary/aromatic N) is 1. The maximum atomic E-state index is 13.7. The average Bonchev–Trinajstić information content (AvgIpc) is 2.52. The Labute approximate surface area is 132 Å². The summed E-state index contributed by atoms with van der Waals surface area (Å²) in [6, 6.07) is 10.9. The van der Waals surface area contributed by atoms with E-state index in [4.69, 9.17) is 10.00 Å². The third-order valence-corrected chi connectivity index (χ3v) is 3.12. The van der Waals surface area contributed by atoms with E-state index in [0.717, 1.165) is 17.7 Å². The first-order valence-electron chi connectivity index (χ1n) is 7.00. The molecule has 0 saturated carbocycles. The van der Waals surface area contributed by atoms with Crippen LogP contribution in [0.25, 0.3) is 0 Å². The van der Waals surface area contributed by atoms with Crippen molar-refractivity contribution in [1.82, 2.24) is 0 Å². The van der Waals surface area contributed by atoms with Crippen LogP contribution in [-0.2, 0) is 0 Å². The molecule has 2 aromatic carbocycles. The Bertz CT molecular complexity index is 706. The van der Waals surface area contributed by atoms with E-state index in [1.54, 1.807) is 12.1 Å². The molecule has 0 radical (unpaired) electrons. The second-order valence-electron chi connectivity index (χ2n) is 5.09. The van der Waals surface area contributed by atoms with Gasteiger partial charge in [0.15, 0.2) is 11.6 Å². The summed E-state index contributed by atoms with van der Waals surface area (Å²) >= 11 is 0. The topological polar surface area (TPSA) is 65.3 Å². The molecule has 2 aromatic rings. The molecule has 0 aromatic heterocycles. The molecule has 1 atom stereocenters. The number of aliphatic hydroxyl groups is 1. The van der Waals surface area contributed by atoms with E-state index in [1.807, 2.05) is 25.1 Å². The van der Waals surface area contributed by atoms with E-state index in [0.29, 0.717) is 5.75 Å². The van der Waals surface area contributed by atoms with Crippen LogP contribution >= 0.6 is 0 Å². The van der Waals surface area contributed by atoms with E-state index in [-0.39, 0.29) is 24.4 Å². The molecule has 0 fully saturated rings. The number of benzene rings is 2. The minimum absolute atomic E-state index is 0.0179. The Morgan fingerprint density at radius 2 is 1.96 bits per heavy atom. The lowest BCUT2D eigenvalue weighted by atomic mass is 10.2. The maximum absolute atomic E-state index is 13.7. The fraction of sp³-hybridized carbons (Fsp3) is 0.235. The summed E-state index contributed by atoms with van der Waals surface area (Å²) in [4.78, 5) is 0. The largest absolute Gasteiger partial charge is 0.491 e. The van der Waals surface area contributed by atoms with Gasteiger partial charge in [0.2, 0.25) is 0 Å². The Morgan fingerprint density at radius 1 is 1.26 bits per heavy atom. The minimum atomic E-state index is -0.954. The van der Waals surface area contributed by atoms with Gasteiger partial charge >= 0.3 is 0 Å². The fourth-order valence-electron chi connectivity index (χ4n) is 1.98. The first-order chi connectivity index (χ1) is 11.0. The zero-order chi connectivity index (χ0) is 16.8. The van der Waals surface area contributed by atoms with Gasteiger partial charge in [0.1, 0.15) is 24.1 Å². The molecule has 0 aliphatic carbocycles. The van der Waals surface area contributed by atoms with E-state index < -0.39 is 17.7 Å². The summed E-state index contributed by atoms with van der Waals surface area (Å²) in [6.07, 6.45) is -0.954. The number of hydrogen-bond acceptors (Lipinski definition) is 4. The molecule has 23 heavy (non-hydrogen) atoms. The van der Waals surface area contributed by atoms with Gasteiger partial charge < -0.3 is 15.2 Å². The SMILES string of the molecule is Cc1cccc(OCC(O)CNc2c(F)cc(C#N)cc2F)c1. The fourth-order valence-corrected chi connectivity index (χ4v) is 1.98. The van der Waals surface area contributed by atoms with Crippen molar-refractivity contribution in [3.05, 3.63) is 59.2 Å². The number of nitrogens with one attached hydrogen (secondary N) is 1. The molecule has 1 unspecified atom stereocenters. The predicted octanol–water partition coefficient (Wildman–Crippen LogP) is 3.00. The van der Waals surface area contributed by atoms with Crippen molar-refractivity contribution in [3.8, 4) is 11.8 Å². The van der Waals surface area contributed by atoms with Gasteiger partial charge in [-0.2, -0.15) is 5.26 Å². The molecule has 0 spiro atoms. The Kier molecular flexibility index (Phi) is 5.50. The number of hydrogen-bond donors (Lipinski definition) is 2. The highest BCUT2D eigenvalue weighted by Crippen LogP contribution is 2.20. The zero-order valence-electron chi connectivity index (χ0n) is 12.5. The summed E-state index contributed by atoms with van der Waals surface area (Å²) in [6.45, 7) is 1.81. The average molecular weight is 318 g/mol. The molecule has 0 aliphatic rings. The summed E-state index contributed by atoms with van der Waals surface area (Å²) in [5.41, 5.74) is 0.546. The molecule has 0 amide bonds. The van der Waals surface area contributed by atoms with E-state index in [9.17, 15) is 13.9 Å². The van der Waals surface area contributed by atoms with Crippen LogP contribution < -0.4 is 10.1 Å². The molecule has 6 heteroatoms. The van der Waals surface area contributed by atoms with Crippen molar-refractivity contribution >= 4 is 5.69 Å². The van der Waals surface area contributed by atoms with Gasteiger partial charge in [-0.15, -0.1) is 0 Å². The highest BCUT2D eigenvalue weighted by Gasteiger charge is 2.13. The van der Waals surface area contributed by atoms with Crippen molar-refractivity contribution in [2.24, 2.45) is 0 Å². The van der Waals surface area contributed by atoms with Crippen LogP contribution in [0.15, 0.2) is 36.4 Å². The molecular weight excluding hydrogens is 302 g/mol. The van der Waals surface area contributed by atoms with Crippen LogP contribution in [0.2, 0.25) is 0 Å². The summed E-state index contributed by atoms with van der Waals surface area (Å²) in [7, 11) is 0. The highest BCUT2D eigenvalue weighted by atomic mass is 19.1. The Balaban J connectivity index is 1.90. The molecular formula is C17H16F2N2O2. The smallest absolute Gasteiger partial charge is 0.150 e. The minimum Gasteiger partial charge on any atom is -0.491 e. The van der Waals surface area contributed by atoms with Gasteiger partial charge in [0.25, 0.3) is 0 Å². The molecule has 120 valence electrons. The number of aryl methyl sites for hydroxylation is 1. The van der Waals surface area contributed by atoms with Gasteiger partial charge in [-0.1, -0.05) is 12.1 Å². The van der Waals surface area contributed by atoms with Crippen molar-refractivity contribution < 1.29 is 18.6 Å². The summed E-state index contributed by atoms with van der Waals surface area (Å²) in [5.74, 6) is -1.15. The summed E-state index contributed by atoms with van der Waals surface area (Å²) < 4.78 is 32.8. The van der Waals surface area contributed by atoms with Gasteiger partial charge in [-0.05, 0) is 36.8 Å². The number of rotatable bonds is 6. The monoisotopic (exact) mass is 318 g/mol. The first kappa shape index (κ1) is 16.7. The van der Waals surface area contributed by atoms with Gasteiger partial charge in [-0.3, -0.25) is 0 Å². The standard InChI is InChI=1S/C17H16F2N2O2/c1-11-3-2-4-14(5-11)23-10-13(22)9-21-17-15(18)6-12(8-20)7-16(17)19/h2-7,13,21-22H,9-10H2,1H3. The molecule has 0 saturated heterocycles. The number of ether oxygens (including phenoxy) is 1. The number of aliphatic hydroxyl groups excluding tert-OH is 1. The van der Waals surface area contributed by atoms with Gasteiger partial charge in [0.05, 0.1) is 11.6 Å². The van der Waals surface area contributed by atoms with Crippen LogP contribution in [0.3, 0.4) is 0 Å². The van der Waals surface area contributed by atoms with Gasteiger partial charge in [0, 0.05) is 6.54 Å². The quantitative estimate of drug-likeness (QED) is 0.859. The van der Waals surface area contributed by atoms with Crippen LogP contribution in [0.5, 0.6) is 5.75 Å². The highest BCUT2D eigenvalue weighted by molar-refractivity contribution is 5.50. The van der Waals surface area contributed by atoms with E-state index in [1.165, 1.54) is 0 Å². The lowest BCUT2D eigenvalue weighted by molar-refractivity contribution is 0.117. The van der Waals surface area contributed by atoms with E-state index >= 15 is 0 Å². The second kappa shape index (κ2) is 7.56. The third-order valence-electron chi connectivity index (χ3n) is 3.12. The van der Waals surface area contributed by atoms with Crippen LogP contribution in [0.4, 0.5) is 14.5 Å².